The fourth-order valence-corrected chi connectivity index (χ4v) is 2.75. The summed E-state index contributed by atoms with van der Waals surface area (Å²) in [5, 5.41) is 3.46. The fraction of sp³-hybridized carbons (Fsp3) is 0.455. The molecule has 0 aliphatic carbocycles. The molecule has 13 heavy (non-hydrogen) atoms. The van der Waals surface area contributed by atoms with Crippen molar-refractivity contribution in [2.45, 2.75) is 18.8 Å². The molecule has 0 spiro atoms. The first-order valence-electron chi connectivity index (χ1n) is 4.83. The molecule has 1 N–H and O–H groups in total. The predicted octanol–water partition coefficient (Wildman–Crippen LogP) is 2.76. The molecule has 1 saturated heterocycles. The van der Waals surface area contributed by atoms with Crippen molar-refractivity contribution < 1.29 is 0 Å². The molecule has 0 aromatic heterocycles. The van der Waals surface area contributed by atoms with E-state index in [1.54, 1.807) is 0 Å². The zero-order chi connectivity index (χ0) is 9.10. The van der Waals surface area contributed by atoms with Gasteiger partial charge in [0.1, 0.15) is 0 Å². The largest absolute Gasteiger partial charge is 0.316 e. The molecule has 1 aromatic carbocycles. The van der Waals surface area contributed by atoms with E-state index in [2.05, 4.69) is 52.2 Å². The number of hydrogen-bond donors (Lipinski definition) is 1. The van der Waals surface area contributed by atoms with Crippen LogP contribution in [0.1, 0.15) is 24.3 Å². The molecule has 1 aliphatic rings. The number of hydrogen-bond acceptors (Lipinski definition) is 1. The first-order valence-corrected chi connectivity index (χ1v) is 5.91. The van der Waals surface area contributed by atoms with Crippen LogP contribution < -0.4 is 5.32 Å². The third-order valence-electron chi connectivity index (χ3n) is 2.64. The van der Waals surface area contributed by atoms with Gasteiger partial charge in [-0.2, -0.15) is 0 Å². The van der Waals surface area contributed by atoms with Crippen LogP contribution in [-0.4, -0.2) is 13.1 Å². The van der Waals surface area contributed by atoms with E-state index in [1.165, 1.54) is 28.5 Å². The smallest absolute Gasteiger partial charge is 0.0165 e. The van der Waals surface area contributed by atoms with Gasteiger partial charge in [0.2, 0.25) is 0 Å². The van der Waals surface area contributed by atoms with Crippen LogP contribution in [-0.2, 0) is 0 Å². The Kier molecular flexibility index (Phi) is 3.22. The average Bonchev–Trinajstić information content (AvgIpc) is 2.20. The monoisotopic (exact) mass is 287 g/mol. The van der Waals surface area contributed by atoms with Crippen LogP contribution >= 0.6 is 22.6 Å². The molecule has 0 amide bonds. The van der Waals surface area contributed by atoms with Gasteiger partial charge in [-0.25, -0.2) is 0 Å². The van der Waals surface area contributed by atoms with Crippen LogP contribution in [0.15, 0.2) is 24.3 Å². The lowest BCUT2D eigenvalue weighted by molar-refractivity contribution is 0.460. The number of benzene rings is 1. The topological polar surface area (TPSA) is 12.0 Å². The highest BCUT2D eigenvalue weighted by Crippen LogP contribution is 2.26. The van der Waals surface area contributed by atoms with Gasteiger partial charge in [-0.05, 0) is 59.5 Å². The molecule has 2 rings (SSSR count). The second-order valence-corrected chi connectivity index (χ2v) is 4.73. The predicted molar refractivity (Wildman–Crippen MR) is 64.0 cm³/mol. The maximum atomic E-state index is 3.46. The molecule has 1 aliphatic heterocycles. The third kappa shape index (κ3) is 2.23. The molecule has 0 bridgehead atoms. The third-order valence-corrected chi connectivity index (χ3v) is 3.62. The lowest BCUT2D eigenvalue weighted by atomic mass is 9.92. The van der Waals surface area contributed by atoms with Crippen LogP contribution in [0.4, 0.5) is 0 Å². The Bertz CT molecular complexity index is 279. The van der Waals surface area contributed by atoms with Gasteiger partial charge in [0, 0.05) is 10.1 Å². The first-order chi connectivity index (χ1) is 6.38. The van der Waals surface area contributed by atoms with E-state index < -0.39 is 0 Å². The van der Waals surface area contributed by atoms with Gasteiger partial charge in [0.25, 0.3) is 0 Å². The van der Waals surface area contributed by atoms with Crippen molar-refractivity contribution in [2.75, 3.05) is 13.1 Å². The van der Waals surface area contributed by atoms with Crippen molar-refractivity contribution in [3.8, 4) is 0 Å². The maximum Gasteiger partial charge on any atom is 0.0165 e. The van der Waals surface area contributed by atoms with E-state index in [9.17, 15) is 0 Å². The summed E-state index contributed by atoms with van der Waals surface area (Å²) in [5.74, 6) is 0.738. The zero-order valence-corrected chi connectivity index (χ0v) is 9.75. The number of halogens is 1. The summed E-state index contributed by atoms with van der Waals surface area (Å²) >= 11 is 2.43. The molecule has 0 unspecified atom stereocenters. The molecule has 1 aromatic rings. The Balaban J connectivity index is 2.18. The summed E-state index contributed by atoms with van der Waals surface area (Å²) in [5.41, 5.74) is 1.52. The van der Waals surface area contributed by atoms with Gasteiger partial charge < -0.3 is 5.32 Å². The van der Waals surface area contributed by atoms with Gasteiger partial charge in [0.05, 0.1) is 0 Å². The molecule has 1 atom stereocenters. The van der Waals surface area contributed by atoms with Crippen LogP contribution in [0.25, 0.3) is 0 Å². The second kappa shape index (κ2) is 4.42. The molecule has 70 valence electrons. The SMILES string of the molecule is Ic1ccccc1[C@@H]1CCCNC1. The van der Waals surface area contributed by atoms with E-state index in [4.69, 9.17) is 0 Å². The Morgan fingerprint density at radius 1 is 1.31 bits per heavy atom. The van der Waals surface area contributed by atoms with Gasteiger partial charge >= 0.3 is 0 Å². The number of piperidine rings is 1. The molecule has 0 saturated carbocycles. The van der Waals surface area contributed by atoms with Crippen molar-refractivity contribution in [3.05, 3.63) is 33.4 Å². The maximum absolute atomic E-state index is 3.46. The normalized spacial score (nSPS) is 23.0. The summed E-state index contributed by atoms with van der Waals surface area (Å²) in [6, 6.07) is 8.72. The van der Waals surface area contributed by atoms with Crippen molar-refractivity contribution >= 4 is 22.6 Å². The molecular weight excluding hydrogens is 273 g/mol. The Labute approximate surface area is 93.1 Å². The minimum atomic E-state index is 0.738. The Morgan fingerprint density at radius 2 is 2.15 bits per heavy atom. The van der Waals surface area contributed by atoms with Crippen molar-refractivity contribution in [3.63, 3.8) is 0 Å². The summed E-state index contributed by atoms with van der Waals surface area (Å²) < 4.78 is 1.41. The minimum Gasteiger partial charge on any atom is -0.316 e. The van der Waals surface area contributed by atoms with Crippen LogP contribution in [0.5, 0.6) is 0 Å². The molecule has 2 heteroatoms. The van der Waals surface area contributed by atoms with Crippen LogP contribution in [0, 0.1) is 3.57 Å². The molecule has 1 heterocycles. The highest BCUT2D eigenvalue weighted by atomic mass is 127. The van der Waals surface area contributed by atoms with Crippen molar-refractivity contribution in [1.82, 2.24) is 5.32 Å². The van der Waals surface area contributed by atoms with Gasteiger partial charge in [-0.1, -0.05) is 18.2 Å². The standard InChI is InChI=1S/C11H14IN/c12-11-6-2-1-5-10(11)9-4-3-7-13-8-9/h1-2,5-6,9,13H,3-4,7-8H2/t9-/m1/s1. The summed E-state index contributed by atoms with van der Waals surface area (Å²) in [6.45, 7) is 2.35. The van der Waals surface area contributed by atoms with Crippen molar-refractivity contribution in [2.24, 2.45) is 0 Å². The van der Waals surface area contributed by atoms with Crippen LogP contribution in [0.2, 0.25) is 0 Å². The lowest BCUT2D eigenvalue weighted by Gasteiger charge is -2.23. The first kappa shape index (κ1) is 9.46. The van der Waals surface area contributed by atoms with Gasteiger partial charge in [-0.15, -0.1) is 0 Å². The highest BCUT2D eigenvalue weighted by molar-refractivity contribution is 14.1. The average molecular weight is 287 g/mol. The van der Waals surface area contributed by atoms with E-state index in [0.29, 0.717) is 0 Å². The van der Waals surface area contributed by atoms with E-state index in [-0.39, 0.29) is 0 Å². The highest BCUT2D eigenvalue weighted by Gasteiger charge is 2.16. The summed E-state index contributed by atoms with van der Waals surface area (Å²) in [6.07, 6.45) is 2.66. The molecule has 0 radical (unpaired) electrons. The summed E-state index contributed by atoms with van der Waals surface area (Å²) in [4.78, 5) is 0. The Morgan fingerprint density at radius 3 is 2.85 bits per heavy atom. The quantitative estimate of drug-likeness (QED) is 0.783. The zero-order valence-electron chi connectivity index (χ0n) is 7.59. The van der Waals surface area contributed by atoms with Crippen molar-refractivity contribution in [1.29, 1.82) is 0 Å². The van der Waals surface area contributed by atoms with E-state index in [1.807, 2.05) is 0 Å². The molecular formula is C11H14IN. The summed E-state index contributed by atoms with van der Waals surface area (Å²) in [7, 11) is 0. The number of nitrogens with one attached hydrogen (secondary N) is 1. The second-order valence-electron chi connectivity index (χ2n) is 3.56. The minimum absolute atomic E-state index is 0.738. The van der Waals surface area contributed by atoms with E-state index >= 15 is 0 Å². The lowest BCUT2D eigenvalue weighted by Crippen LogP contribution is -2.28. The number of rotatable bonds is 1. The van der Waals surface area contributed by atoms with Crippen LogP contribution in [0.3, 0.4) is 0 Å². The fourth-order valence-electron chi connectivity index (χ4n) is 1.92. The van der Waals surface area contributed by atoms with Gasteiger partial charge in [-0.3, -0.25) is 0 Å². The Hall–Kier alpha value is -0.0900. The molecule has 1 fully saturated rings. The van der Waals surface area contributed by atoms with E-state index in [0.717, 1.165) is 12.5 Å². The van der Waals surface area contributed by atoms with Gasteiger partial charge in [0.15, 0.2) is 0 Å². The molecule has 1 nitrogen and oxygen atoms in total.